The third kappa shape index (κ3) is 6.19. The summed E-state index contributed by atoms with van der Waals surface area (Å²) in [5.74, 6) is -1.20. The molecule has 0 aliphatic carbocycles. The zero-order valence-corrected chi connectivity index (χ0v) is 10.5. The van der Waals surface area contributed by atoms with Gasteiger partial charge in [0.05, 0.1) is 12.5 Å². The van der Waals surface area contributed by atoms with Crippen LogP contribution in [0.4, 0.5) is 0 Å². The number of nitrogens with two attached hydrogens (primary N) is 1. The van der Waals surface area contributed by atoms with Crippen LogP contribution >= 0.6 is 7.37 Å². The van der Waals surface area contributed by atoms with Crippen LogP contribution in [0.2, 0.25) is 0 Å². The van der Waals surface area contributed by atoms with E-state index in [-0.39, 0.29) is 6.67 Å². The third-order valence-corrected chi connectivity index (χ3v) is 3.70. The molecule has 8 heteroatoms. The van der Waals surface area contributed by atoms with Gasteiger partial charge in [-0.05, 0) is 19.4 Å². The van der Waals surface area contributed by atoms with Crippen molar-refractivity contribution in [3.8, 4) is 0 Å². The molecule has 96 valence electrons. The van der Waals surface area contributed by atoms with Crippen LogP contribution in [0.5, 0.6) is 0 Å². The summed E-state index contributed by atoms with van der Waals surface area (Å²) in [6.07, 6.45) is 1.02. The first-order valence-electron chi connectivity index (χ1n) is 4.99. The lowest BCUT2D eigenvalue weighted by atomic mass is 10.3. The van der Waals surface area contributed by atoms with E-state index in [2.05, 4.69) is 5.32 Å². The first-order chi connectivity index (χ1) is 7.29. The van der Waals surface area contributed by atoms with Gasteiger partial charge in [-0.1, -0.05) is 0 Å². The molecule has 0 saturated heterocycles. The van der Waals surface area contributed by atoms with E-state index >= 15 is 0 Å². The van der Waals surface area contributed by atoms with Crippen molar-refractivity contribution in [1.29, 1.82) is 0 Å². The molecule has 0 aliphatic rings. The first-order valence-corrected chi connectivity index (χ1v) is 7.17. The van der Waals surface area contributed by atoms with E-state index in [4.69, 9.17) is 10.9 Å². The van der Waals surface area contributed by atoms with Gasteiger partial charge in [0.15, 0.2) is 0 Å². The summed E-state index contributed by atoms with van der Waals surface area (Å²) in [5, 5.41) is 12.2. The molecule has 0 aromatic rings. The number of hydroxylamine groups is 2. The van der Waals surface area contributed by atoms with Crippen molar-refractivity contribution in [3.05, 3.63) is 0 Å². The molecule has 0 aromatic heterocycles. The van der Waals surface area contributed by atoms with Crippen molar-refractivity contribution in [2.75, 3.05) is 19.9 Å². The fraction of sp³-hybridized carbons (Fsp3) is 0.875. The van der Waals surface area contributed by atoms with Crippen LogP contribution in [0.15, 0.2) is 0 Å². The van der Waals surface area contributed by atoms with Gasteiger partial charge in [-0.3, -0.25) is 19.9 Å². The quantitative estimate of drug-likeness (QED) is 0.215. The Kier molecular flexibility index (Phi) is 6.78. The minimum Gasteiger partial charge on any atom is -0.343 e. The third-order valence-electron chi connectivity index (χ3n) is 2.10. The maximum Gasteiger partial charge on any atom is 0.244 e. The van der Waals surface area contributed by atoms with E-state index in [9.17, 15) is 14.3 Å². The van der Waals surface area contributed by atoms with Crippen LogP contribution in [0.1, 0.15) is 19.8 Å². The zero-order chi connectivity index (χ0) is 12.8. The largest absolute Gasteiger partial charge is 0.343 e. The van der Waals surface area contributed by atoms with E-state index in [1.54, 1.807) is 0 Å². The van der Waals surface area contributed by atoms with Gasteiger partial charge in [-0.25, -0.2) is 5.06 Å². The van der Waals surface area contributed by atoms with Gasteiger partial charge in [0, 0.05) is 13.6 Å². The Labute approximate surface area is 95.0 Å². The van der Waals surface area contributed by atoms with E-state index in [0.717, 1.165) is 0 Å². The number of amides is 1. The minimum absolute atomic E-state index is 0.178. The number of nitrogens with one attached hydrogen (secondary N) is 1. The van der Waals surface area contributed by atoms with Crippen molar-refractivity contribution in [2.24, 2.45) is 5.73 Å². The molecule has 0 aliphatic heterocycles. The van der Waals surface area contributed by atoms with Crippen LogP contribution in [-0.2, 0) is 9.36 Å². The molecule has 0 bridgehead atoms. The number of hydrogen-bond donors (Lipinski definition) is 4. The Morgan fingerprint density at radius 1 is 1.62 bits per heavy atom. The minimum atomic E-state index is -3.31. The van der Waals surface area contributed by atoms with Gasteiger partial charge in [0.1, 0.15) is 0 Å². The first kappa shape index (κ1) is 15.5. The predicted octanol–water partition coefficient (Wildman–Crippen LogP) is -0.264. The van der Waals surface area contributed by atoms with Gasteiger partial charge in [-0.15, -0.1) is 0 Å². The summed E-state index contributed by atoms with van der Waals surface area (Å²) in [6.45, 7) is 2.68. The Bertz CT molecular complexity index is 268. The van der Waals surface area contributed by atoms with Gasteiger partial charge in [0.2, 0.25) is 13.3 Å². The molecule has 0 spiro atoms. The normalized spacial score (nSPS) is 16.6. The maximum atomic E-state index is 11.5. The molecule has 7 nitrogen and oxygen atoms in total. The van der Waals surface area contributed by atoms with Gasteiger partial charge >= 0.3 is 0 Å². The Balaban J connectivity index is 4.22. The molecular formula is C8H20N3O4P. The summed E-state index contributed by atoms with van der Waals surface area (Å²) < 4.78 is 11.5. The average molecular weight is 253 g/mol. The van der Waals surface area contributed by atoms with Crippen LogP contribution in [0.3, 0.4) is 0 Å². The molecule has 16 heavy (non-hydrogen) atoms. The van der Waals surface area contributed by atoms with E-state index in [0.29, 0.717) is 24.4 Å². The van der Waals surface area contributed by atoms with Crippen LogP contribution < -0.4 is 11.1 Å². The molecule has 0 saturated carbocycles. The standard InChI is InChI=1S/C8H20N3O4P/c1-7(12)11(13)6-10-8(4-3-5-9)16(2,14)15/h8,10,13H,3-6,9H2,1-2H3,(H,14,15). The second-order valence-electron chi connectivity index (χ2n) is 3.67. The lowest BCUT2D eigenvalue weighted by Crippen LogP contribution is -2.40. The van der Waals surface area contributed by atoms with Crippen LogP contribution in [0.25, 0.3) is 0 Å². The molecule has 2 atom stereocenters. The molecule has 1 amide bonds. The molecular weight excluding hydrogens is 233 g/mol. The van der Waals surface area contributed by atoms with Gasteiger partial charge in [-0.2, -0.15) is 0 Å². The smallest absolute Gasteiger partial charge is 0.244 e. The number of rotatable bonds is 7. The summed E-state index contributed by atoms with van der Waals surface area (Å²) >= 11 is 0. The molecule has 0 heterocycles. The molecule has 0 fully saturated rings. The second-order valence-corrected chi connectivity index (χ2v) is 6.18. The predicted molar refractivity (Wildman–Crippen MR) is 60.1 cm³/mol. The number of hydrogen-bond acceptors (Lipinski definition) is 5. The van der Waals surface area contributed by atoms with Crippen LogP contribution in [0, 0.1) is 0 Å². The highest BCUT2D eigenvalue weighted by atomic mass is 31.2. The summed E-state index contributed by atoms with van der Waals surface area (Å²) in [5.41, 5.74) is 5.31. The van der Waals surface area contributed by atoms with Crippen molar-refractivity contribution in [3.63, 3.8) is 0 Å². The molecule has 0 aromatic carbocycles. The topological polar surface area (TPSA) is 116 Å². The molecule has 0 radical (unpaired) electrons. The summed E-state index contributed by atoms with van der Waals surface area (Å²) in [7, 11) is -3.31. The fourth-order valence-electron chi connectivity index (χ4n) is 1.13. The lowest BCUT2D eigenvalue weighted by molar-refractivity contribution is -0.164. The van der Waals surface area contributed by atoms with Gasteiger partial charge < -0.3 is 10.6 Å². The van der Waals surface area contributed by atoms with Crippen molar-refractivity contribution in [2.45, 2.75) is 25.5 Å². The van der Waals surface area contributed by atoms with Gasteiger partial charge in [0.25, 0.3) is 0 Å². The van der Waals surface area contributed by atoms with E-state index < -0.39 is 19.1 Å². The SMILES string of the molecule is CC(=O)N(O)CNC(CCCN)P(C)(=O)O. The summed E-state index contributed by atoms with van der Waals surface area (Å²) in [6, 6.07) is 0. The Morgan fingerprint density at radius 2 is 2.19 bits per heavy atom. The van der Waals surface area contributed by atoms with Crippen molar-refractivity contribution in [1.82, 2.24) is 10.4 Å². The highest BCUT2D eigenvalue weighted by molar-refractivity contribution is 7.57. The second kappa shape index (κ2) is 6.98. The number of nitrogens with zero attached hydrogens (tertiary/aromatic N) is 1. The Morgan fingerprint density at radius 3 is 2.56 bits per heavy atom. The zero-order valence-electron chi connectivity index (χ0n) is 9.59. The molecule has 0 rings (SSSR count). The molecule has 2 unspecified atom stereocenters. The lowest BCUT2D eigenvalue weighted by Gasteiger charge is -2.23. The number of carbonyl (C=O) groups is 1. The summed E-state index contributed by atoms with van der Waals surface area (Å²) in [4.78, 5) is 20.1. The molecule has 5 N–H and O–H groups in total. The fourth-order valence-corrected chi connectivity index (χ4v) is 2.21. The highest BCUT2D eigenvalue weighted by Crippen LogP contribution is 2.42. The van der Waals surface area contributed by atoms with Crippen molar-refractivity contribution < 1.29 is 19.5 Å². The Hall–Kier alpha value is -0.460. The monoisotopic (exact) mass is 253 g/mol. The van der Waals surface area contributed by atoms with Crippen molar-refractivity contribution >= 4 is 13.3 Å². The van der Waals surface area contributed by atoms with E-state index in [1.807, 2.05) is 0 Å². The maximum absolute atomic E-state index is 11.5. The number of carbonyl (C=O) groups excluding carboxylic acids is 1. The van der Waals surface area contributed by atoms with Crippen LogP contribution in [-0.4, -0.2) is 46.7 Å². The average Bonchev–Trinajstić information content (AvgIpc) is 2.15. The van der Waals surface area contributed by atoms with E-state index in [1.165, 1.54) is 13.6 Å². The highest BCUT2D eigenvalue weighted by Gasteiger charge is 2.25.